The Morgan fingerprint density at radius 3 is 2.42 bits per heavy atom. The van der Waals surface area contributed by atoms with Crippen molar-refractivity contribution in [2.45, 2.75) is 70.6 Å². The minimum Gasteiger partial charge on any atom is -0.444 e. The van der Waals surface area contributed by atoms with Gasteiger partial charge in [0.15, 0.2) is 0 Å². The topological polar surface area (TPSA) is 70.2 Å². The Kier molecular flexibility index (Phi) is 7.33. The molecule has 2 aliphatic rings. The summed E-state index contributed by atoms with van der Waals surface area (Å²) in [5, 5.41) is 0. The van der Waals surface area contributed by atoms with E-state index in [0.29, 0.717) is 5.56 Å². The van der Waals surface area contributed by atoms with E-state index < -0.39 is 29.5 Å². The van der Waals surface area contributed by atoms with Gasteiger partial charge in [-0.1, -0.05) is 43.5 Å². The van der Waals surface area contributed by atoms with Crippen LogP contribution in [-0.2, 0) is 14.3 Å². The second-order valence-corrected chi connectivity index (χ2v) is 10.5. The standard InChI is InChI=1S/C28H34FN3O4/c1-28(2,3)36-27(35)30(4)18-24(33)32(21-14-10-11-19(29)17-21)25-22-15-8-9-16-23(22)31(26(25)34)20-12-6-5-7-13-20/h8-11,14-17,20,25H,5-7,12-13,18H2,1-4H3. The number of benzene rings is 2. The zero-order valence-corrected chi connectivity index (χ0v) is 21.4. The van der Waals surface area contributed by atoms with E-state index in [2.05, 4.69) is 0 Å². The van der Waals surface area contributed by atoms with Gasteiger partial charge >= 0.3 is 6.09 Å². The van der Waals surface area contributed by atoms with E-state index in [1.165, 1.54) is 35.0 Å². The van der Waals surface area contributed by atoms with E-state index >= 15 is 0 Å². The first kappa shape index (κ1) is 25.7. The van der Waals surface area contributed by atoms with E-state index in [-0.39, 0.29) is 24.2 Å². The number of hydrogen-bond acceptors (Lipinski definition) is 4. The summed E-state index contributed by atoms with van der Waals surface area (Å²) in [5.74, 6) is -1.23. The number of fused-ring (bicyclic) bond motifs is 1. The first-order valence-electron chi connectivity index (χ1n) is 12.5. The summed E-state index contributed by atoms with van der Waals surface area (Å²) in [6, 6.07) is 12.2. The SMILES string of the molecule is CN(CC(=O)N(c1cccc(F)c1)C1C(=O)N(C2CCCCC2)c2ccccc21)C(=O)OC(C)(C)C. The summed E-state index contributed by atoms with van der Waals surface area (Å²) < 4.78 is 19.7. The molecule has 1 saturated carbocycles. The summed E-state index contributed by atoms with van der Waals surface area (Å²) in [7, 11) is 1.47. The van der Waals surface area contributed by atoms with Gasteiger partial charge < -0.3 is 14.5 Å². The minimum absolute atomic E-state index is 0.0614. The number of ether oxygens (including phenoxy) is 1. The molecular formula is C28H34FN3O4. The average molecular weight is 496 g/mol. The number of carbonyl (C=O) groups is 3. The van der Waals surface area contributed by atoms with Gasteiger partial charge in [0.25, 0.3) is 5.91 Å². The van der Waals surface area contributed by atoms with Crippen LogP contribution >= 0.6 is 0 Å². The first-order valence-corrected chi connectivity index (χ1v) is 12.5. The highest BCUT2D eigenvalue weighted by Gasteiger charge is 2.46. The predicted octanol–water partition coefficient (Wildman–Crippen LogP) is 5.45. The van der Waals surface area contributed by atoms with E-state index in [4.69, 9.17) is 4.74 Å². The summed E-state index contributed by atoms with van der Waals surface area (Å²) in [4.78, 5) is 44.6. The number of likely N-dealkylation sites (N-methyl/N-ethyl adjacent to an activating group) is 1. The van der Waals surface area contributed by atoms with E-state index in [1.54, 1.807) is 26.8 Å². The lowest BCUT2D eigenvalue weighted by molar-refractivity contribution is -0.125. The van der Waals surface area contributed by atoms with Crippen LogP contribution in [0, 0.1) is 5.82 Å². The fraction of sp³-hybridized carbons (Fsp3) is 0.464. The van der Waals surface area contributed by atoms with Crippen molar-refractivity contribution >= 4 is 29.3 Å². The van der Waals surface area contributed by atoms with Crippen molar-refractivity contribution in [1.29, 1.82) is 0 Å². The molecule has 192 valence electrons. The lowest BCUT2D eigenvalue weighted by atomic mass is 9.94. The highest BCUT2D eigenvalue weighted by atomic mass is 19.1. The summed E-state index contributed by atoms with van der Waals surface area (Å²) in [6.45, 7) is 4.90. The number of para-hydroxylation sites is 1. The fourth-order valence-corrected chi connectivity index (χ4v) is 5.03. The molecule has 7 nitrogen and oxygen atoms in total. The molecule has 2 aromatic carbocycles. The third-order valence-electron chi connectivity index (χ3n) is 6.59. The molecule has 1 aliphatic carbocycles. The molecule has 4 rings (SSSR count). The van der Waals surface area contributed by atoms with Gasteiger partial charge in [0.05, 0.1) is 0 Å². The number of rotatable bonds is 5. The van der Waals surface area contributed by atoms with Crippen molar-refractivity contribution in [2.24, 2.45) is 0 Å². The minimum atomic E-state index is -0.954. The molecule has 0 saturated heterocycles. The molecule has 0 spiro atoms. The van der Waals surface area contributed by atoms with Crippen molar-refractivity contribution < 1.29 is 23.5 Å². The smallest absolute Gasteiger partial charge is 0.410 e. The normalized spacial score (nSPS) is 18.1. The van der Waals surface area contributed by atoms with Crippen LogP contribution in [0.4, 0.5) is 20.6 Å². The first-order chi connectivity index (χ1) is 17.1. The summed E-state index contributed by atoms with van der Waals surface area (Å²) in [5.41, 5.74) is 1.02. The van der Waals surface area contributed by atoms with Crippen LogP contribution in [0.3, 0.4) is 0 Å². The lowest BCUT2D eigenvalue weighted by Crippen LogP contribution is -2.48. The third-order valence-corrected chi connectivity index (χ3v) is 6.59. The van der Waals surface area contributed by atoms with E-state index in [0.717, 1.165) is 37.8 Å². The molecule has 1 heterocycles. The Morgan fingerprint density at radius 2 is 1.75 bits per heavy atom. The number of halogens is 1. The number of hydrogen-bond donors (Lipinski definition) is 0. The van der Waals surface area contributed by atoms with Gasteiger partial charge in [-0.05, 0) is 57.9 Å². The number of amides is 3. The highest BCUT2D eigenvalue weighted by Crippen LogP contribution is 2.44. The quantitative estimate of drug-likeness (QED) is 0.553. The zero-order valence-electron chi connectivity index (χ0n) is 21.4. The van der Waals surface area contributed by atoms with Crippen LogP contribution in [0.5, 0.6) is 0 Å². The van der Waals surface area contributed by atoms with Crippen molar-refractivity contribution in [3.63, 3.8) is 0 Å². The molecule has 8 heteroatoms. The Bertz CT molecular complexity index is 1140. The molecule has 2 aromatic rings. The lowest BCUT2D eigenvalue weighted by Gasteiger charge is -2.34. The molecule has 3 amide bonds. The maximum absolute atomic E-state index is 14.3. The molecule has 0 aromatic heterocycles. The summed E-state index contributed by atoms with van der Waals surface area (Å²) >= 11 is 0. The van der Waals surface area contributed by atoms with Crippen LogP contribution in [-0.4, -0.2) is 48.0 Å². The van der Waals surface area contributed by atoms with Crippen LogP contribution in [0.25, 0.3) is 0 Å². The predicted molar refractivity (Wildman–Crippen MR) is 136 cm³/mol. The fourth-order valence-electron chi connectivity index (χ4n) is 5.03. The third kappa shape index (κ3) is 5.37. The maximum Gasteiger partial charge on any atom is 0.410 e. The molecule has 1 unspecified atom stereocenters. The van der Waals surface area contributed by atoms with Crippen molar-refractivity contribution in [3.05, 3.63) is 59.9 Å². The highest BCUT2D eigenvalue weighted by molar-refractivity contribution is 6.12. The van der Waals surface area contributed by atoms with E-state index in [1.807, 2.05) is 29.2 Å². The van der Waals surface area contributed by atoms with E-state index in [9.17, 15) is 18.8 Å². The molecule has 0 N–H and O–H groups in total. The maximum atomic E-state index is 14.3. The molecule has 1 aliphatic heterocycles. The van der Waals surface area contributed by atoms with Gasteiger partial charge in [-0.15, -0.1) is 0 Å². The molecule has 1 fully saturated rings. The van der Waals surface area contributed by atoms with Gasteiger partial charge in [0.1, 0.15) is 24.0 Å². The monoisotopic (exact) mass is 495 g/mol. The van der Waals surface area contributed by atoms with Crippen molar-refractivity contribution in [3.8, 4) is 0 Å². The molecule has 1 atom stereocenters. The van der Waals surface area contributed by atoms with Crippen molar-refractivity contribution in [2.75, 3.05) is 23.4 Å². The van der Waals surface area contributed by atoms with Crippen molar-refractivity contribution in [1.82, 2.24) is 4.90 Å². The second-order valence-electron chi connectivity index (χ2n) is 10.5. The molecular weight excluding hydrogens is 461 g/mol. The van der Waals surface area contributed by atoms with Gasteiger partial charge in [-0.2, -0.15) is 0 Å². The number of carbonyl (C=O) groups excluding carboxylic acids is 3. The molecule has 0 radical (unpaired) electrons. The zero-order chi connectivity index (χ0) is 26.0. The Labute approximate surface area is 211 Å². The Balaban J connectivity index is 1.71. The Morgan fingerprint density at radius 1 is 1.06 bits per heavy atom. The van der Waals surface area contributed by atoms with Gasteiger partial charge in [0, 0.05) is 30.0 Å². The number of nitrogens with zero attached hydrogens (tertiary/aromatic N) is 3. The van der Waals surface area contributed by atoms with Crippen LogP contribution in [0.15, 0.2) is 48.5 Å². The van der Waals surface area contributed by atoms with Gasteiger partial charge in [-0.25, -0.2) is 9.18 Å². The second kappa shape index (κ2) is 10.3. The van der Waals surface area contributed by atoms with Crippen LogP contribution in [0.1, 0.15) is 64.5 Å². The van der Waals surface area contributed by atoms with Crippen LogP contribution < -0.4 is 9.80 Å². The number of anilines is 2. The average Bonchev–Trinajstić information content (AvgIpc) is 3.10. The molecule has 36 heavy (non-hydrogen) atoms. The van der Waals surface area contributed by atoms with Crippen LogP contribution in [0.2, 0.25) is 0 Å². The Hall–Kier alpha value is -3.42. The summed E-state index contributed by atoms with van der Waals surface area (Å²) in [6.07, 6.45) is 4.40. The van der Waals surface area contributed by atoms with Gasteiger partial charge in [0.2, 0.25) is 5.91 Å². The van der Waals surface area contributed by atoms with Gasteiger partial charge in [-0.3, -0.25) is 14.5 Å². The molecule has 0 bridgehead atoms. The largest absolute Gasteiger partial charge is 0.444 e.